The zero-order valence-corrected chi connectivity index (χ0v) is 19.2. The van der Waals surface area contributed by atoms with Crippen LogP contribution in [0.2, 0.25) is 0 Å². The van der Waals surface area contributed by atoms with Gasteiger partial charge in [-0.15, -0.1) is 0 Å². The summed E-state index contributed by atoms with van der Waals surface area (Å²) in [6, 6.07) is -0.808. The molecule has 168 valence electrons. The number of rotatable bonds is 5. The van der Waals surface area contributed by atoms with Gasteiger partial charge in [-0.1, -0.05) is 13.3 Å². The number of nitrogens with zero attached hydrogens (tertiary/aromatic N) is 2. The second kappa shape index (κ2) is 10.2. The first-order valence-electron chi connectivity index (χ1n) is 10.4. The maximum atomic E-state index is 13.0. The highest BCUT2D eigenvalue weighted by molar-refractivity contribution is 5.75. The van der Waals surface area contributed by atoms with Gasteiger partial charge in [-0.3, -0.25) is 9.69 Å². The predicted molar refractivity (Wildman–Crippen MR) is 110 cm³/mol. The number of esters is 1. The molecule has 2 amide bonds. The number of amides is 2. The quantitative estimate of drug-likeness (QED) is 0.500. The van der Waals surface area contributed by atoms with E-state index >= 15 is 0 Å². The van der Waals surface area contributed by atoms with E-state index < -0.39 is 35.4 Å². The van der Waals surface area contributed by atoms with Crippen LogP contribution in [0.15, 0.2) is 0 Å². The molecule has 1 heterocycles. The standard InChI is InChI=1S/C21H38N2O6/c1-9-11-15-13-22(18(25)28-20(3,4)5)14-16(12-17(24)27-10-2)23(15)19(26)29-21(6,7)8/h15-16H,9-14H2,1-8H3/t15-,16+/m1/s1. The highest BCUT2D eigenvalue weighted by Crippen LogP contribution is 2.26. The van der Waals surface area contributed by atoms with Crippen LogP contribution in [0.3, 0.4) is 0 Å². The van der Waals surface area contributed by atoms with Gasteiger partial charge in [-0.05, 0) is 54.9 Å². The minimum atomic E-state index is -0.662. The highest BCUT2D eigenvalue weighted by atomic mass is 16.6. The van der Waals surface area contributed by atoms with Crippen molar-refractivity contribution in [3.05, 3.63) is 0 Å². The van der Waals surface area contributed by atoms with E-state index in [0.717, 1.165) is 6.42 Å². The van der Waals surface area contributed by atoms with E-state index in [2.05, 4.69) is 0 Å². The first kappa shape index (κ1) is 25.0. The maximum absolute atomic E-state index is 13.0. The van der Waals surface area contributed by atoms with Crippen LogP contribution in [-0.2, 0) is 19.0 Å². The van der Waals surface area contributed by atoms with Crippen molar-refractivity contribution in [2.75, 3.05) is 19.7 Å². The molecule has 0 spiro atoms. The first-order valence-corrected chi connectivity index (χ1v) is 10.4. The minimum absolute atomic E-state index is 0.00735. The van der Waals surface area contributed by atoms with Gasteiger partial charge in [0.25, 0.3) is 0 Å². The first-order chi connectivity index (χ1) is 13.3. The highest BCUT2D eigenvalue weighted by Gasteiger charge is 2.42. The summed E-state index contributed by atoms with van der Waals surface area (Å²) in [5, 5.41) is 0. The van der Waals surface area contributed by atoms with Crippen molar-refractivity contribution in [1.82, 2.24) is 9.80 Å². The average molecular weight is 415 g/mol. The molecule has 0 saturated carbocycles. The topological polar surface area (TPSA) is 85.4 Å². The lowest BCUT2D eigenvalue weighted by Crippen LogP contribution is -2.63. The molecule has 0 bridgehead atoms. The SMILES string of the molecule is CCC[C@@H]1CN(C(=O)OC(C)(C)C)C[C@H](CC(=O)OCC)N1C(=O)OC(C)(C)C. The molecule has 0 aromatic carbocycles. The molecule has 0 radical (unpaired) electrons. The fourth-order valence-corrected chi connectivity index (χ4v) is 3.28. The molecule has 29 heavy (non-hydrogen) atoms. The monoisotopic (exact) mass is 414 g/mol. The van der Waals surface area contributed by atoms with Crippen LogP contribution in [0.5, 0.6) is 0 Å². The summed E-state index contributed by atoms with van der Waals surface area (Å²) in [6.07, 6.45) is 0.563. The van der Waals surface area contributed by atoms with Gasteiger partial charge in [-0.2, -0.15) is 0 Å². The molecule has 1 saturated heterocycles. The van der Waals surface area contributed by atoms with Gasteiger partial charge in [0.15, 0.2) is 0 Å². The molecule has 0 aromatic heterocycles. The number of hydrogen-bond donors (Lipinski definition) is 0. The van der Waals surface area contributed by atoms with E-state index in [1.165, 1.54) is 0 Å². The fourth-order valence-electron chi connectivity index (χ4n) is 3.28. The van der Waals surface area contributed by atoms with E-state index in [1.807, 2.05) is 27.7 Å². The summed E-state index contributed by atoms with van der Waals surface area (Å²) in [6.45, 7) is 15.4. The molecule has 0 N–H and O–H groups in total. The van der Waals surface area contributed by atoms with E-state index in [4.69, 9.17) is 14.2 Å². The van der Waals surface area contributed by atoms with Gasteiger partial charge in [-0.25, -0.2) is 9.59 Å². The summed E-state index contributed by atoms with van der Waals surface area (Å²) in [7, 11) is 0. The van der Waals surface area contributed by atoms with Crippen molar-refractivity contribution in [3.63, 3.8) is 0 Å². The Hall–Kier alpha value is -1.99. The Kier molecular flexibility index (Phi) is 8.78. The third kappa shape index (κ3) is 8.50. The Balaban J connectivity index is 3.15. The number of ether oxygens (including phenoxy) is 3. The van der Waals surface area contributed by atoms with E-state index in [-0.39, 0.29) is 25.6 Å². The maximum Gasteiger partial charge on any atom is 0.410 e. The molecule has 0 unspecified atom stereocenters. The lowest BCUT2D eigenvalue weighted by Gasteiger charge is -2.46. The predicted octanol–water partition coefficient (Wildman–Crippen LogP) is 3.96. The summed E-state index contributed by atoms with van der Waals surface area (Å²) >= 11 is 0. The lowest BCUT2D eigenvalue weighted by molar-refractivity contribution is -0.145. The Morgan fingerprint density at radius 3 is 1.86 bits per heavy atom. The number of carbonyl (C=O) groups excluding carboxylic acids is 3. The zero-order chi connectivity index (χ0) is 22.4. The van der Waals surface area contributed by atoms with Crippen LogP contribution in [0.4, 0.5) is 9.59 Å². The van der Waals surface area contributed by atoms with Crippen molar-refractivity contribution in [1.29, 1.82) is 0 Å². The lowest BCUT2D eigenvalue weighted by atomic mass is 10.0. The Bertz CT molecular complexity index is 579. The van der Waals surface area contributed by atoms with Crippen LogP contribution < -0.4 is 0 Å². The number of carbonyl (C=O) groups is 3. The van der Waals surface area contributed by atoms with E-state index in [9.17, 15) is 14.4 Å². The summed E-state index contributed by atoms with van der Waals surface area (Å²) in [5.41, 5.74) is -1.29. The summed E-state index contributed by atoms with van der Waals surface area (Å²) in [5.74, 6) is -0.410. The van der Waals surface area contributed by atoms with Crippen LogP contribution >= 0.6 is 0 Å². The van der Waals surface area contributed by atoms with Crippen molar-refractivity contribution >= 4 is 18.2 Å². The van der Waals surface area contributed by atoms with Gasteiger partial charge in [0.05, 0.1) is 25.1 Å². The van der Waals surface area contributed by atoms with Gasteiger partial charge in [0.2, 0.25) is 0 Å². The summed E-state index contributed by atoms with van der Waals surface area (Å²) in [4.78, 5) is 41.0. The molecule has 1 fully saturated rings. The Labute approximate surface area is 174 Å². The molecular weight excluding hydrogens is 376 g/mol. The molecule has 8 heteroatoms. The Morgan fingerprint density at radius 1 is 0.862 bits per heavy atom. The fraction of sp³-hybridized carbons (Fsp3) is 0.857. The van der Waals surface area contributed by atoms with Crippen LogP contribution in [-0.4, -0.2) is 70.9 Å². The third-order valence-electron chi connectivity index (χ3n) is 4.23. The van der Waals surface area contributed by atoms with E-state index in [1.54, 1.807) is 37.5 Å². The van der Waals surface area contributed by atoms with Crippen LogP contribution in [0, 0.1) is 0 Å². The van der Waals surface area contributed by atoms with Gasteiger partial charge in [0, 0.05) is 13.1 Å². The molecule has 8 nitrogen and oxygen atoms in total. The van der Waals surface area contributed by atoms with Gasteiger partial charge >= 0.3 is 18.2 Å². The van der Waals surface area contributed by atoms with Crippen molar-refractivity contribution < 1.29 is 28.6 Å². The second-order valence-electron chi connectivity index (χ2n) is 9.38. The minimum Gasteiger partial charge on any atom is -0.466 e. The van der Waals surface area contributed by atoms with Gasteiger partial charge in [0.1, 0.15) is 11.2 Å². The second-order valence-corrected chi connectivity index (χ2v) is 9.38. The normalized spacial score (nSPS) is 20.3. The van der Waals surface area contributed by atoms with Crippen molar-refractivity contribution in [2.24, 2.45) is 0 Å². The van der Waals surface area contributed by atoms with Crippen molar-refractivity contribution in [3.8, 4) is 0 Å². The van der Waals surface area contributed by atoms with Crippen LogP contribution in [0.25, 0.3) is 0 Å². The van der Waals surface area contributed by atoms with Crippen LogP contribution in [0.1, 0.15) is 74.7 Å². The molecule has 0 aliphatic carbocycles. The third-order valence-corrected chi connectivity index (χ3v) is 4.23. The zero-order valence-electron chi connectivity index (χ0n) is 19.2. The van der Waals surface area contributed by atoms with E-state index in [0.29, 0.717) is 13.0 Å². The Morgan fingerprint density at radius 2 is 1.38 bits per heavy atom. The largest absolute Gasteiger partial charge is 0.466 e. The molecule has 1 rings (SSSR count). The molecule has 0 aromatic rings. The van der Waals surface area contributed by atoms with Crippen molar-refractivity contribution in [2.45, 2.75) is 97.9 Å². The molecule has 1 aliphatic heterocycles. The molecule has 1 aliphatic rings. The smallest absolute Gasteiger partial charge is 0.410 e. The number of hydrogen-bond acceptors (Lipinski definition) is 6. The number of piperazine rings is 1. The molecule has 2 atom stereocenters. The molecular formula is C21H38N2O6. The average Bonchev–Trinajstić information content (AvgIpc) is 2.51. The summed E-state index contributed by atoms with van der Waals surface area (Å²) < 4.78 is 16.2. The van der Waals surface area contributed by atoms with Gasteiger partial charge < -0.3 is 19.1 Å².